The Morgan fingerprint density at radius 3 is 1.25 bits per heavy atom. The zero-order valence-corrected chi connectivity index (χ0v) is 43.9. The van der Waals surface area contributed by atoms with Gasteiger partial charge in [0.25, 0.3) is 6.71 Å². The monoisotopic (exact) mass is 964 g/mol. The highest BCUT2D eigenvalue weighted by molar-refractivity contribution is 7.29. The van der Waals surface area contributed by atoms with Crippen molar-refractivity contribution >= 4 is 142 Å². The van der Waals surface area contributed by atoms with Crippen LogP contribution in [0, 0.1) is 0 Å². The van der Waals surface area contributed by atoms with Crippen molar-refractivity contribution in [2.24, 2.45) is 0 Å². The molecule has 69 heavy (non-hydrogen) atoms. The molecule has 338 valence electrons. The number of fused-ring (bicyclic) bond motifs is 10. The maximum absolute atomic E-state index is 2.66. The Morgan fingerprint density at radius 1 is 0.377 bits per heavy atom. The lowest BCUT2D eigenvalue weighted by molar-refractivity contribution is 0.590. The minimum atomic E-state index is -0.128. The third-order valence-electron chi connectivity index (χ3n) is 14.7. The van der Waals surface area contributed by atoms with Crippen LogP contribution in [-0.2, 0) is 16.2 Å². The number of hydrogen-bond donors (Lipinski definition) is 0. The van der Waals surface area contributed by atoms with Gasteiger partial charge in [0.15, 0.2) is 0 Å². The molecule has 2 aliphatic heterocycles. The number of hydrogen-bond acceptors (Lipinski definition) is 6. The van der Waals surface area contributed by atoms with Crippen molar-refractivity contribution in [3.05, 3.63) is 173 Å². The number of thiophene rings is 4. The Bertz CT molecular complexity index is 3650. The zero-order chi connectivity index (χ0) is 47.3. The summed E-state index contributed by atoms with van der Waals surface area (Å²) < 4.78 is 5.30. The third kappa shape index (κ3) is 6.75. The summed E-state index contributed by atoms with van der Waals surface area (Å²) in [4.78, 5) is 5.32. The largest absolute Gasteiger partial charge is 0.303 e. The summed E-state index contributed by atoms with van der Waals surface area (Å²) in [7, 11) is 0. The molecule has 0 spiro atoms. The molecule has 7 heteroatoms. The Morgan fingerprint density at radius 2 is 0.812 bits per heavy atom. The summed E-state index contributed by atoms with van der Waals surface area (Å²) in [6.07, 6.45) is 0. The average Bonchev–Trinajstić information content (AvgIpc) is 4.13. The quantitative estimate of drug-likeness (QED) is 0.162. The first-order valence-corrected chi connectivity index (χ1v) is 27.6. The second kappa shape index (κ2) is 15.3. The van der Waals surface area contributed by atoms with Gasteiger partial charge in [-0.25, -0.2) is 0 Å². The molecule has 0 aliphatic carbocycles. The molecule has 0 saturated carbocycles. The van der Waals surface area contributed by atoms with Crippen molar-refractivity contribution in [1.82, 2.24) is 0 Å². The molecule has 13 rings (SSSR count). The van der Waals surface area contributed by atoms with Gasteiger partial charge in [0.05, 0.1) is 10.0 Å². The molecular formula is C62H53BN2S4. The molecule has 0 atom stereocenters. The van der Waals surface area contributed by atoms with E-state index in [2.05, 4.69) is 228 Å². The Balaban J connectivity index is 1.15. The molecule has 0 N–H and O–H groups in total. The first-order valence-electron chi connectivity index (χ1n) is 24.2. The number of rotatable bonds is 4. The van der Waals surface area contributed by atoms with Gasteiger partial charge in [0.1, 0.15) is 0 Å². The maximum atomic E-state index is 2.66. The fraction of sp³-hybridized carbons (Fsp3) is 0.194. The van der Waals surface area contributed by atoms with E-state index < -0.39 is 0 Å². The Hall–Kier alpha value is -5.96. The normalized spacial score (nSPS) is 13.8. The van der Waals surface area contributed by atoms with E-state index in [4.69, 9.17) is 0 Å². The van der Waals surface area contributed by atoms with E-state index >= 15 is 0 Å². The minimum Gasteiger partial charge on any atom is -0.303 e. The predicted octanol–water partition coefficient (Wildman–Crippen LogP) is 17.9. The number of anilines is 6. The molecule has 7 aromatic carbocycles. The topological polar surface area (TPSA) is 6.48 Å². The van der Waals surface area contributed by atoms with Crippen LogP contribution < -0.4 is 26.2 Å². The molecule has 0 saturated heterocycles. The van der Waals surface area contributed by atoms with E-state index in [9.17, 15) is 0 Å². The molecule has 6 heterocycles. The van der Waals surface area contributed by atoms with Crippen LogP contribution >= 0.6 is 45.3 Å². The molecule has 0 fully saturated rings. The molecule has 11 aromatic rings. The number of nitrogens with zero attached hydrogens (tertiary/aromatic N) is 2. The van der Waals surface area contributed by atoms with E-state index in [1.54, 1.807) is 0 Å². The fourth-order valence-corrected chi connectivity index (χ4v) is 15.4. The fourth-order valence-electron chi connectivity index (χ4n) is 10.9. The molecule has 0 bridgehead atoms. The van der Waals surface area contributed by atoms with Crippen LogP contribution in [0.3, 0.4) is 0 Å². The minimum absolute atomic E-state index is 0.00227. The SMILES string of the molecule is CC(C)(C)c1cc2c3c(c1)N(c1cccc(-c4csc5ccccc45)c1)c1sc4ccc(C(C)(C)C)cc4c1B3c1c(sc3ccc(C(C)(C)C)cc13)N2c1cccc(-c2csc3ccccc23)c1. The standard InChI is InChI=1S/C62H53BN2S4/c1-60(2,3)38-24-26-53-45(30-38)55-58(68-53)64(41-18-14-16-36(28-41)47-34-66-51-22-12-10-20-43(47)51)49-32-40(62(7,8)9)33-50-57(49)63(55)56-46-31-39(61(4,5)6)25-27-54(46)69-59(56)65(50)42-19-15-17-37(29-42)48-35-67-52-23-13-11-21-44(48)52/h10-35H,1-9H3. The van der Waals surface area contributed by atoms with E-state index in [-0.39, 0.29) is 23.0 Å². The van der Waals surface area contributed by atoms with Crippen molar-refractivity contribution in [1.29, 1.82) is 0 Å². The second-order valence-corrected chi connectivity index (χ2v) is 26.1. The van der Waals surface area contributed by atoms with Crippen LogP contribution in [0.4, 0.5) is 32.8 Å². The zero-order valence-electron chi connectivity index (χ0n) is 40.6. The van der Waals surface area contributed by atoms with Crippen molar-refractivity contribution < 1.29 is 0 Å². The number of benzene rings is 7. The van der Waals surface area contributed by atoms with Gasteiger partial charge in [-0.1, -0.05) is 147 Å². The van der Waals surface area contributed by atoms with Crippen LogP contribution in [0.25, 0.3) is 62.6 Å². The van der Waals surface area contributed by atoms with Crippen LogP contribution in [0.2, 0.25) is 0 Å². The smallest absolute Gasteiger partial charge is 0.256 e. The molecule has 0 unspecified atom stereocenters. The van der Waals surface area contributed by atoms with E-state index in [0.717, 1.165) is 0 Å². The van der Waals surface area contributed by atoms with Gasteiger partial charge in [-0.15, -0.1) is 45.3 Å². The molecule has 0 amide bonds. The second-order valence-electron chi connectivity index (χ2n) is 22.2. The van der Waals surface area contributed by atoms with Crippen LogP contribution in [-0.4, -0.2) is 6.71 Å². The molecule has 4 aromatic heterocycles. The highest BCUT2D eigenvalue weighted by Gasteiger charge is 2.48. The van der Waals surface area contributed by atoms with Crippen LogP contribution in [0.1, 0.15) is 79.0 Å². The van der Waals surface area contributed by atoms with E-state index in [1.165, 1.54) is 128 Å². The van der Waals surface area contributed by atoms with Gasteiger partial charge in [-0.3, -0.25) is 0 Å². The molecule has 2 nitrogen and oxygen atoms in total. The van der Waals surface area contributed by atoms with Crippen LogP contribution in [0.5, 0.6) is 0 Å². The predicted molar refractivity (Wildman–Crippen MR) is 309 cm³/mol. The Labute approximate surface area is 422 Å². The lowest BCUT2D eigenvalue weighted by Gasteiger charge is -2.43. The van der Waals surface area contributed by atoms with Gasteiger partial charge < -0.3 is 9.80 Å². The van der Waals surface area contributed by atoms with Crippen molar-refractivity contribution in [2.45, 2.75) is 78.6 Å². The van der Waals surface area contributed by atoms with Gasteiger partial charge in [-0.05, 0) is 143 Å². The van der Waals surface area contributed by atoms with Gasteiger partial charge in [-0.2, -0.15) is 0 Å². The summed E-state index contributed by atoms with van der Waals surface area (Å²) in [5, 5.41) is 12.7. The van der Waals surface area contributed by atoms with Crippen LogP contribution in [0.15, 0.2) is 156 Å². The van der Waals surface area contributed by atoms with Gasteiger partial charge in [0, 0.05) is 63.4 Å². The molecular weight excluding hydrogens is 912 g/mol. The molecule has 2 aliphatic rings. The highest BCUT2D eigenvalue weighted by Crippen LogP contribution is 2.53. The maximum Gasteiger partial charge on any atom is 0.256 e. The van der Waals surface area contributed by atoms with Crippen molar-refractivity contribution in [2.75, 3.05) is 9.80 Å². The average molecular weight is 965 g/mol. The lowest BCUT2D eigenvalue weighted by atomic mass is 9.33. The summed E-state index contributed by atoms with van der Waals surface area (Å²) in [6, 6.07) is 56.2. The van der Waals surface area contributed by atoms with E-state index in [0.29, 0.717) is 0 Å². The first kappa shape index (κ1) is 43.1. The summed E-state index contributed by atoms with van der Waals surface area (Å²) in [6.45, 7) is 21.2. The summed E-state index contributed by atoms with van der Waals surface area (Å²) in [5.74, 6) is 0. The Kier molecular flexibility index (Phi) is 9.54. The third-order valence-corrected chi connectivity index (χ3v) is 19.0. The first-order chi connectivity index (χ1) is 33.1. The van der Waals surface area contributed by atoms with Crippen molar-refractivity contribution in [3.8, 4) is 22.3 Å². The highest BCUT2D eigenvalue weighted by atomic mass is 32.1. The van der Waals surface area contributed by atoms with Gasteiger partial charge in [0.2, 0.25) is 0 Å². The molecule has 0 radical (unpaired) electrons. The van der Waals surface area contributed by atoms with Crippen molar-refractivity contribution in [3.63, 3.8) is 0 Å². The summed E-state index contributed by atoms with van der Waals surface area (Å²) >= 11 is 7.59. The summed E-state index contributed by atoms with van der Waals surface area (Å²) in [5.41, 5.74) is 18.1. The van der Waals surface area contributed by atoms with Gasteiger partial charge >= 0.3 is 0 Å². The van der Waals surface area contributed by atoms with E-state index in [1.807, 2.05) is 45.3 Å². The lowest BCUT2D eigenvalue weighted by Crippen LogP contribution is -2.60.